The number of hydrogen-bond acceptors (Lipinski definition) is 4. The highest BCUT2D eigenvalue weighted by Crippen LogP contribution is 2.29. The van der Waals surface area contributed by atoms with Crippen molar-refractivity contribution in [3.05, 3.63) is 83.9 Å². The van der Waals surface area contributed by atoms with Crippen molar-refractivity contribution in [3.8, 4) is 0 Å². The molecule has 1 N–H and O–H groups in total. The van der Waals surface area contributed by atoms with Gasteiger partial charge in [0.1, 0.15) is 5.69 Å². The molecule has 0 saturated carbocycles. The molecule has 0 spiro atoms. The van der Waals surface area contributed by atoms with Crippen LogP contribution < -0.4 is 5.32 Å². The van der Waals surface area contributed by atoms with Crippen LogP contribution in [0.1, 0.15) is 10.5 Å². The summed E-state index contributed by atoms with van der Waals surface area (Å²) in [4.78, 5) is 12.9. The van der Waals surface area contributed by atoms with E-state index in [1.165, 1.54) is 23.5 Å². The maximum Gasteiger partial charge on any atom is 0.273 e. The number of carbonyl (C=O) groups is 1. The predicted octanol–water partition coefficient (Wildman–Crippen LogP) is 4.19. The van der Waals surface area contributed by atoms with E-state index in [0.29, 0.717) is 11.2 Å². The van der Waals surface area contributed by atoms with Crippen LogP contribution in [0.4, 0.5) is 5.69 Å². The van der Waals surface area contributed by atoms with Gasteiger partial charge in [0.25, 0.3) is 15.9 Å². The summed E-state index contributed by atoms with van der Waals surface area (Å²) in [5.41, 5.74) is 1.18. The van der Waals surface area contributed by atoms with E-state index in [-0.39, 0.29) is 10.6 Å². The Morgan fingerprint density at radius 3 is 2.27 bits per heavy atom. The Labute approximate surface area is 154 Å². The van der Waals surface area contributed by atoms with Crippen molar-refractivity contribution in [3.63, 3.8) is 0 Å². The standard InChI is InChI=1S/C19H14N2O3S2/c22-19(20-14-7-3-1-4-8-14)17-13-18-16(11-12-25-18)21(17)26(23,24)15-9-5-2-6-10-15/h1-13H,(H,20,22). The number of para-hydroxylation sites is 1. The van der Waals surface area contributed by atoms with Gasteiger partial charge in [-0.05, 0) is 41.8 Å². The second kappa shape index (κ2) is 6.44. The smallest absolute Gasteiger partial charge is 0.273 e. The summed E-state index contributed by atoms with van der Waals surface area (Å²) in [6.45, 7) is 0. The summed E-state index contributed by atoms with van der Waals surface area (Å²) in [6.07, 6.45) is 0. The first-order valence-corrected chi connectivity index (χ1v) is 10.2. The van der Waals surface area contributed by atoms with Crippen LogP contribution in [0.2, 0.25) is 0 Å². The van der Waals surface area contributed by atoms with Crippen molar-refractivity contribution in [2.45, 2.75) is 4.90 Å². The van der Waals surface area contributed by atoms with Crippen LogP contribution in [0, 0.1) is 0 Å². The number of rotatable bonds is 4. The van der Waals surface area contributed by atoms with Crippen molar-refractivity contribution >= 4 is 43.2 Å². The lowest BCUT2D eigenvalue weighted by Gasteiger charge is -2.11. The fourth-order valence-electron chi connectivity index (χ4n) is 2.73. The quantitative estimate of drug-likeness (QED) is 0.575. The van der Waals surface area contributed by atoms with Gasteiger partial charge in [-0.25, -0.2) is 12.4 Å². The van der Waals surface area contributed by atoms with Gasteiger partial charge in [-0.3, -0.25) is 4.79 Å². The van der Waals surface area contributed by atoms with Gasteiger partial charge in [0, 0.05) is 5.69 Å². The molecule has 0 atom stereocenters. The molecule has 2 heterocycles. The second-order valence-electron chi connectivity index (χ2n) is 5.60. The molecule has 0 aliphatic rings. The summed E-state index contributed by atoms with van der Waals surface area (Å²) in [5.74, 6) is -0.473. The SMILES string of the molecule is O=C(Nc1ccccc1)c1cc2sccc2n1S(=O)(=O)c1ccccc1. The molecule has 26 heavy (non-hydrogen) atoms. The molecule has 0 saturated heterocycles. The third kappa shape index (κ3) is 2.81. The van der Waals surface area contributed by atoms with Crippen LogP contribution in [0.3, 0.4) is 0 Å². The normalized spacial score (nSPS) is 11.5. The molecule has 0 aliphatic carbocycles. The number of hydrogen-bond donors (Lipinski definition) is 1. The van der Waals surface area contributed by atoms with E-state index >= 15 is 0 Å². The van der Waals surface area contributed by atoms with Crippen molar-refractivity contribution in [2.75, 3.05) is 5.32 Å². The number of anilines is 1. The first kappa shape index (κ1) is 16.6. The molecule has 4 aromatic rings. The van der Waals surface area contributed by atoms with Crippen molar-refractivity contribution in [1.29, 1.82) is 0 Å². The topological polar surface area (TPSA) is 68.2 Å². The number of carbonyl (C=O) groups excluding carboxylic acids is 1. The minimum atomic E-state index is -3.90. The van der Waals surface area contributed by atoms with Crippen LogP contribution >= 0.6 is 11.3 Å². The highest BCUT2D eigenvalue weighted by atomic mass is 32.2. The van der Waals surface area contributed by atoms with Gasteiger partial charge in [0.2, 0.25) is 0 Å². The summed E-state index contributed by atoms with van der Waals surface area (Å²) >= 11 is 1.39. The molecule has 1 amide bonds. The third-order valence-electron chi connectivity index (χ3n) is 3.92. The zero-order chi connectivity index (χ0) is 18.1. The van der Waals surface area contributed by atoms with Gasteiger partial charge in [-0.1, -0.05) is 36.4 Å². The molecule has 0 bridgehead atoms. The summed E-state index contributed by atoms with van der Waals surface area (Å²) < 4.78 is 28.2. The van der Waals surface area contributed by atoms with E-state index < -0.39 is 15.9 Å². The summed E-state index contributed by atoms with van der Waals surface area (Å²) in [7, 11) is -3.90. The molecule has 0 aliphatic heterocycles. The highest BCUT2D eigenvalue weighted by molar-refractivity contribution is 7.90. The molecule has 0 unspecified atom stereocenters. The first-order chi connectivity index (χ1) is 12.6. The van der Waals surface area contributed by atoms with E-state index in [2.05, 4.69) is 5.32 Å². The molecule has 7 heteroatoms. The Morgan fingerprint density at radius 2 is 1.58 bits per heavy atom. The molecule has 0 fully saturated rings. The van der Waals surface area contributed by atoms with E-state index in [1.807, 2.05) is 6.07 Å². The van der Waals surface area contributed by atoms with Gasteiger partial charge in [-0.2, -0.15) is 0 Å². The Kier molecular flexibility index (Phi) is 4.10. The number of amides is 1. The van der Waals surface area contributed by atoms with Gasteiger partial charge in [0.05, 0.1) is 15.1 Å². The Morgan fingerprint density at radius 1 is 0.923 bits per heavy atom. The molecular formula is C19H14N2O3S2. The number of nitrogens with zero attached hydrogens (tertiary/aromatic N) is 1. The predicted molar refractivity (Wildman–Crippen MR) is 103 cm³/mol. The van der Waals surface area contributed by atoms with Gasteiger partial charge in [-0.15, -0.1) is 11.3 Å². The highest BCUT2D eigenvalue weighted by Gasteiger charge is 2.26. The third-order valence-corrected chi connectivity index (χ3v) is 6.52. The maximum absolute atomic E-state index is 13.2. The van der Waals surface area contributed by atoms with Crippen LogP contribution in [-0.4, -0.2) is 18.3 Å². The van der Waals surface area contributed by atoms with Gasteiger partial charge < -0.3 is 5.32 Å². The molecule has 130 valence electrons. The number of aromatic nitrogens is 1. The molecule has 2 aromatic carbocycles. The first-order valence-electron chi connectivity index (χ1n) is 7.83. The zero-order valence-corrected chi connectivity index (χ0v) is 15.1. The largest absolute Gasteiger partial charge is 0.321 e. The number of nitrogens with one attached hydrogen (secondary N) is 1. The Bertz CT molecular complexity index is 1180. The van der Waals surface area contributed by atoms with Gasteiger partial charge in [0.15, 0.2) is 0 Å². The van der Waals surface area contributed by atoms with Crippen molar-refractivity contribution < 1.29 is 13.2 Å². The van der Waals surface area contributed by atoms with Gasteiger partial charge >= 0.3 is 0 Å². The van der Waals surface area contributed by atoms with E-state index in [4.69, 9.17) is 0 Å². The lowest BCUT2D eigenvalue weighted by molar-refractivity contribution is 0.102. The van der Waals surface area contributed by atoms with Crippen LogP contribution in [0.5, 0.6) is 0 Å². The fourth-order valence-corrected chi connectivity index (χ4v) is 5.12. The lowest BCUT2D eigenvalue weighted by Crippen LogP contribution is -2.22. The number of benzene rings is 2. The van der Waals surface area contributed by atoms with Crippen LogP contribution in [0.25, 0.3) is 10.2 Å². The van der Waals surface area contributed by atoms with Crippen molar-refractivity contribution in [1.82, 2.24) is 3.97 Å². The zero-order valence-electron chi connectivity index (χ0n) is 13.5. The molecular weight excluding hydrogens is 368 g/mol. The van der Waals surface area contributed by atoms with Crippen LogP contribution in [-0.2, 0) is 10.0 Å². The minimum absolute atomic E-state index is 0.0829. The average Bonchev–Trinajstić information content (AvgIpc) is 3.24. The average molecular weight is 382 g/mol. The monoisotopic (exact) mass is 382 g/mol. The molecule has 0 radical (unpaired) electrons. The molecule has 5 nitrogen and oxygen atoms in total. The lowest BCUT2D eigenvalue weighted by atomic mass is 10.3. The van der Waals surface area contributed by atoms with E-state index in [1.54, 1.807) is 60.0 Å². The maximum atomic E-state index is 13.2. The molecule has 4 rings (SSSR count). The summed E-state index contributed by atoms with van der Waals surface area (Å²) in [5, 5.41) is 4.56. The Hall–Kier alpha value is -2.90. The second-order valence-corrected chi connectivity index (χ2v) is 8.34. The summed E-state index contributed by atoms with van der Waals surface area (Å²) in [6, 6.07) is 20.4. The van der Waals surface area contributed by atoms with Crippen molar-refractivity contribution in [2.24, 2.45) is 0 Å². The van der Waals surface area contributed by atoms with E-state index in [9.17, 15) is 13.2 Å². The van der Waals surface area contributed by atoms with E-state index in [0.717, 1.165) is 8.67 Å². The number of fused-ring (bicyclic) bond motifs is 1. The van der Waals surface area contributed by atoms with Crippen LogP contribution in [0.15, 0.2) is 83.1 Å². The molecule has 2 aromatic heterocycles. The fraction of sp³-hybridized carbons (Fsp3) is 0. The Balaban J connectivity index is 1.85. The number of thiophene rings is 1. The minimum Gasteiger partial charge on any atom is -0.321 e.